The lowest BCUT2D eigenvalue weighted by Gasteiger charge is -2.24. The highest BCUT2D eigenvalue weighted by Gasteiger charge is 2.28. The molecule has 0 fully saturated rings. The number of terminal acetylenes is 1. The first kappa shape index (κ1) is 17.8. The molecule has 0 radical (unpaired) electrons. The van der Waals surface area contributed by atoms with Crippen molar-refractivity contribution in [1.29, 1.82) is 0 Å². The van der Waals surface area contributed by atoms with E-state index in [2.05, 4.69) is 5.92 Å². The fraction of sp³-hybridized carbons (Fsp3) is 0.227. The van der Waals surface area contributed by atoms with E-state index >= 15 is 0 Å². The van der Waals surface area contributed by atoms with Crippen LogP contribution in [0, 0.1) is 19.3 Å². The molecule has 4 nitrogen and oxygen atoms in total. The van der Waals surface area contributed by atoms with Crippen LogP contribution >= 0.6 is 0 Å². The third-order valence-electron chi connectivity index (χ3n) is 4.77. The Morgan fingerprint density at radius 2 is 1.85 bits per heavy atom. The number of nitrogens with zero attached hydrogens (tertiary/aromatic N) is 2. The molecule has 0 saturated heterocycles. The molecule has 1 amide bonds. The van der Waals surface area contributed by atoms with Gasteiger partial charge in [-0.05, 0) is 18.6 Å². The molecule has 3 rings (SSSR count). The number of benzene rings is 2. The normalized spacial score (nSPS) is 11.9. The van der Waals surface area contributed by atoms with Gasteiger partial charge in [0.15, 0.2) is 6.10 Å². The summed E-state index contributed by atoms with van der Waals surface area (Å²) in [6.45, 7) is 2.42. The van der Waals surface area contributed by atoms with Crippen molar-refractivity contribution in [2.75, 3.05) is 6.54 Å². The minimum Gasteiger partial charge on any atom is -0.378 e. The summed E-state index contributed by atoms with van der Waals surface area (Å²) in [7, 11) is 1.93. The van der Waals surface area contributed by atoms with E-state index in [9.17, 15) is 9.90 Å². The van der Waals surface area contributed by atoms with Gasteiger partial charge >= 0.3 is 0 Å². The monoisotopic (exact) mass is 346 g/mol. The number of carbonyl (C=O) groups is 1. The van der Waals surface area contributed by atoms with Crippen molar-refractivity contribution in [3.63, 3.8) is 0 Å². The average molecular weight is 346 g/mol. The van der Waals surface area contributed by atoms with Gasteiger partial charge in [-0.15, -0.1) is 6.42 Å². The van der Waals surface area contributed by atoms with Crippen molar-refractivity contribution in [3.8, 4) is 12.3 Å². The Bertz CT molecular complexity index is 967. The van der Waals surface area contributed by atoms with E-state index in [0.717, 1.165) is 22.2 Å². The zero-order valence-corrected chi connectivity index (χ0v) is 15.0. The number of para-hydroxylation sites is 1. The SMILES string of the molecule is C#CCN(Cc1ccccc1)C(=O)C(O)c1c(C)n(C)c2ccccc12. The number of fused-ring (bicyclic) bond motifs is 1. The molecular formula is C22H22N2O2. The molecule has 2 aromatic carbocycles. The molecule has 4 heteroatoms. The van der Waals surface area contributed by atoms with Gasteiger partial charge in [-0.3, -0.25) is 4.79 Å². The highest BCUT2D eigenvalue weighted by molar-refractivity contribution is 5.92. The maximum absolute atomic E-state index is 13.0. The molecule has 1 aromatic heterocycles. The van der Waals surface area contributed by atoms with Crippen LogP contribution in [-0.4, -0.2) is 27.0 Å². The van der Waals surface area contributed by atoms with Crippen LogP contribution in [0.15, 0.2) is 54.6 Å². The smallest absolute Gasteiger partial charge is 0.257 e. The van der Waals surface area contributed by atoms with E-state index in [0.29, 0.717) is 12.1 Å². The summed E-state index contributed by atoms with van der Waals surface area (Å²) < 4.78 is 1.99. The molecule has 1 N–H and O–H groups in total. The van der Waals surface area contributed by atoms with Crippen molar-refractivity contribution in [3.05, 3.63) is 71.4 Å². The van der Waals surface area contributed by atoms with Gasteiger partial charge in [-0.2, -0.15) is 0 Å². The average Bonchev–Trinajstić information content (AvgIpc) is 2.92. The number of hydrogen-bond donors (Lipinski definition) is 1. The summed E-state index contributed by atoms with van der Waals surface area (Å²) in [5.41, 5.74) is 3.46. The number of carbonyl (C=O) groups excluding carboxylic acids is 1. The number of rotatable bonds is 5. The largest absolute Gasteiger partial charge is 0.378 e. The topological polar surface area (TPSA) is 45.5 Å². The highest BCUT2D eigenvalue weighted by Crippen LogP contribution is 2.31. The molecule has 1 heterocycles. The van der Waals surface area contributed by atoms with Crippen LogP contribution in [0.5, 0.6) is 0 Å². The third kappa shape index (κ3) is 3.22. The first-order valence-electron chi connectivity index (χ1n) is 8.52. The van der Waals surface area contributed by atoms with Gasteiger partial charge in [-0.25, -0.2) is 0 Å². The number of amides is 1. The molecule has 0 aliphatic carbocycles. The van der Waals surface area contributed by atoms with Gasteiger partial charge in [0, 0.05) is 35.8 Å². The number of hydrogen-bond acceptors (Lipinski definition) is 2. The van der Waals surface area contributed by atoms with Crippen LogP contribution in [0.3, 0.4) is 0 Å². The third-order valence-corrected chi connectivity index (χ3v) is 4.77. The molecular weight excluding hydrogens is 324 g/mol. The van der Waals surface area contributed by atoms with E-state index in [1.807, 2.05) is 73.1 Å². The van der Waals surface area contributed by atoms with E-state index in [-0.39, 0.29) is 12.5 Å². The summed E-state index contributed by atoms with van der Waals surface area (Å²) in [5.74, 6) is 2.14. The number of aliphatic hydroxyl groups excluding tert-OH is 1. The highest BCUT2D eigenvalue weighted by atomic mass is 16.3. The molecule has 0 aliphatic heterocycles. The zero-order valence-electron chi connectivity index (χ0n) is 15.0. The van der Waals surface area contributed by atoms with E-state index in [1.54, 1.807) is 0 Å². The quantitative estimate of drug-likeness (QED) is 0.721. The molecule has 132 valence electrons. The summed E-state index contributed by atoms with van der Waals surface area (Å²) >= 11 is 0. The molecule has 26 heavy (non-hydrogen) atoms. The van der Waals surface area contributed by atoms with Gasteiger partial charge < -0.3 is 14.6 Å². The fourth-order valence-corrected chi connectivity index (χ4v) is 3.32. The van der Waals surface area contributed by atoms with Crippen molar-refractivity contribution in [2.45, 2.75) is 19.6 Å². The van der Waals surface area contributed by atoms with Gasteiger partial charge in [0.2, 0.25) is 0 Å². The van der Waals surface area contributed by atoms with E-state index in [4.69, 9.17) is 6.42 Å². The summed E-state index contributed by atoms with van der Waals surface area (Å²) in [6, 6.07) is 17.4. The van der Waals surface area contributed by atoms with Gasteiger partial charge in [0.25, 0.3) is 5.91 Å². The standard InChI is InChI=1S/C22H22N2O2/c1-4-14-24(15-17-10-6-5-7-11-17)22(26)21(25)20-16(2)23(3)19-13-9-8-12-18(19)20/h1,5-13,21,25H,14-15H2,2-3H3. The minimum absolute atomic E-state index is 0.147. The van der Waals surface area contributed by atoms with E-state index < -0.39 is 6.10 Å². The Balaban J connectivity index is 1.95. The van der Waals surface area contributed by atoms with Gasteiger partial charge in [0.1, 0.15) is 0 Å². The van der Waals surface area contributed by atoms with Crippen molar-refractivity contribution in [2.24, 2.45) is 7.05 Å². The van der Waals surface area contributed by atoms with Crippen molar-refractivity contribution in [1.82, 2.24) is 9.47 Å². The van der Waals surface area contributed by atoms with Crippen LogP contribution in [-0.2, 0) is 18.4 Å². The summed E-state index contributed by atoms with van der Waals surface area (Å²) in [6.07, 6.45) is 4.20. The second-order valence-electron chi connectivity index (χ2n) is 6.36. The number of aliphatic hydroxyl groups is 1. The van der Waals surface area contributed by atoms with Crippen LogP contribution in [0.25, 0.3) is 10.9 Å². The van der Waals surface area contributed by atoms with Crippen LogP contribution in [0.2, 0.25) is 0 Å². The fourth-order valence-electron chi connectivity index (χ4n) is 3.32. The van der Waals surface area contributed by atoms with Crippen molar-refractivity contribution >= 4 is 16.8 Å². The van der Waals surface area contributed by atoms with Crippen LogP contribution in [0.4, 0.5) is 0 Å². The van der Waals surface area contributed by atoms with Crippen molar-refractivity contribution < 1.29 is 9.90 Å². The van der Waals surface area contributed by atoms with Gasteiger partial charge in [0.05, 0.1) is 6.54 Å². The molecule has 3 aromatic rings. The predicted octanol–water partition coefficient (Wildman–Crippen LogP) is 3.18. The second-order valence-corrected chi connectivity index (χ2v) is 6.36. The maximum Gasteiger partial charge on any atom is 0.257 e. The summed E-state index contributed by atoms with van der Waals surface area (Å²) in [4.78, 5) is 14.5. The molecule has 1 atom stereocenters. The van der Waals surface area contributed by atoms with Crippen LogP contribution < -0.4 is 0 Å². The number of aromatic nitrogens is 1. The Morgan fingerprint density at radius 3 is 2.54 bits per heavy atom. The minimum atomic E-state index is -1.25. The summed E-state index contributed by atoms with van der Waals surface area (Å²) in [5, 5.41) is 11.8. The molecule has 0 bridgehead atoms. The van der Waals surface area contributed by atoms with Crippen LogP contribution in [0.1, 0.15) is 22.9 Å². The predicted molar refractivity (Wildman–Crippen MR) is 103 cm³/mol. The lowest BCUT2D eigenvalue weighted by Crippen LogP contribution is -2.35. The second kappa shape index (κ2) is 7.47. The molecule has 0 aliphatic rings. The Kier molecular flexibility index (Phi) is 5.11. The van der Waals surface area contributed by atoms with E-state index in [1.165, 1.54) is 4.90 Å². The first-order valence-corrected chi connectivity index (χ1v) is 8.52. The zero-order chi connectivity index (χ0) is 18.7. The molecule has 0 spiro atoms. The molecule has 1 unspecified atom stereocenters. The maximum atomic E-state index is 13.0. The Hall–Kier alpha value is -3.03. The first-order chi connectivity index (χ1) is 12.5. The lowest BCUT2D eigenvalue weighted by atomic mass is 10.0. The number of aryl methyl sites for hydroxylation is 1. The van der Waals surface area contributed by atoms with Gasteiger partial charge in [-0.1, -0.05) is 54.5 Å². The lowest BCUT2D eigenvalue weighted by molar-refractivity contribution is -0.140. The molecule has 0 saturated carbocycles. The Morgan fingerprint density at radius 1 is 1.19 bits per heavy atom. The Labute approximate surface area is 153 Å².